The van der Waals surface area contributed by atoms with Gasteiger partial charge in [-0.05, 0) is 0 Å². The van der Waals surface area contributed by atoms with Crippen LogP contribution in [0.1, 0.15) is 32.2 Å². The van der Waals surface area contributed by atoms with Gasteiger partial charge >= 0.3 is 6.18 Å². The first-order chi connectivity index (χ1) is 7.10. The second-order valence-electron chi connectivity index (χ2n) is 4.78. The summed E-state index contributed by atoms with van der Waals surface area (Å²) in [5, 5.41) is 3.58. The lowest BCUT2D eigenvalue weighted by molar-refractivity contribution is -0.147. The Hall–Kier alpha value is -0.750. The van der Waals surface area contributed by atoms with Crippen molar-refractivity contribution in [1.29, 1.82) is 0 Å². The van der Waals surface area contributed by atoms with E-state index in [2.05, 4.69) is 5.16 Å². The number of alkyl halides is 3. The van der Waals surface area contributed by atoms with E-state index in [1.807, 2.05) is 20.8 Å². The van der Waals surface area contributed by atoms with Crippen LogP contribution in [0.5, 0.6) is 0 Å². The second kappa shape index (κ2) is 5.27. The first-order valence-electron chi connectivity index (χ1n) is 4.89. The van der Waals surface area contributed by atoms with E-state index < -0.39 is 12.2 Å². The fourth-order valence-electron chi connectivity index (χ4n) is 1.10. The molecule has 0 aliphatic heterocycles. The largest absolute Gasteiger partial charge is 0.404 e. The zero-order valence-corrected chi connectivity index (χ0v) is 10.7. The molecule has 1 aromatic rings. The van der Waals surface area contributed by atoms with Crippen molar-refractivity contribution in [3.05, 3.63) is 17.5 Å². The molecule has 0 radical (unpaired) electrons. The minimum Gasteiger partial charge on any atom is -0.361 e. The molecule has 3 nitrogen and oxygen atoms in total. The van der Waals surface area contributed by atoms with Gasteiger partial charge < -0.3 is 10.3 Å². The highest BCUT2D eigenvalue weighted by Gasteiger charge is 2.37. The predicted molar refractivity (Wildman–Crippen MR) is 60.2 cm³/mol. The normalized spacial score (nSPS) is 14.3. The van der Waals surface area contributed by atoms with E-state index in [9.17, 15) is 13.2 Å². The summed E-state index contributed by atoms with van der Waals surface area (Å²) in [5.41, 5.74) is 4.96. The molecule has 0 fully saturated rings. The van der Waals surface area contributed by atoms with Gasteiger partial charge in [0.25, 0.3) is 0 Å². The lowest BCUT2D eigenvalue weighted by Gasteiger charge is -2.13. The zero-order chi connectivity index (χ0) is 12.6. The van der Waals surface area contributed by atoms with Gasteiger partial charge in [-0.1, -0.05) is 25.9 Å². The van der Waals surface area contributed by atoms with Crippen LogP contribution < -0.4 is 5.73 Å². The van der Waals surface area contributed by atoms with Gasteiger partial charge in [0.15, 0.2) is 0 Å². The maximum Gasteiger partial charge on any atom is 0.404 e. The van der Waals surface area contributed by atoms with Crippen LogP contribution >= 0.6 is 12.4 Å². The second-order valence-corrected chi connectivity index (χ2v) is 4.78. The van der Waals surface area contributed by atoms with Gasteiger partial charge in [0.1, 0.15) is 11.8 Å². The molecule has 1 unspecified atom stereocenters. The Morgan fingerprint density at radius 2 is 1.88 bits per heavy atom. The third-order valence-corrected chi connectivity index (χ3v) is 2.15. The highest BCUT2D eigenvalue weighted by molar-refractivity contribution is 5.85. The molecule has 0 bridgehead atoms. The van der Waals surface area contributed by atoms with Gasteiger partial charge in [-0.3, -0.25) is 0 Å². The summed E-state index contributed by atoms with van der Waals surface area (Å²) in [4.78, 5) is 0. The Kier molecular flexibility index (Phi) is 5.03. The van der Waals surface area contributed by atoms with E-state index >= 15 is 0 Å². The van der Waals surface area contributed by atoms with Gasteiger partial charge in [-0.25, -0.2) is 0 Å². The summed E-state index contributed by atoms with van der Waals surface area (Å²) in [6, 6.07) is -0.378. The van der Waals surface area contributed by atoms with E-state index in [-0.39, 0.29) is 29.9 Å². The summed E-state index contributed by atoms with van der Waals surface area (Å²) in [6.45, 7) is 5.67. The molecule has 1 rings (SSSR count). The van der Waals surface area contributed by atoms with Crippen LogP contribution in [0.4, 0.5) is 13.2 Å². The van der Waals surface area contributed by atoms with Gasteiger partial charge in [-0.2, -0.15) is 13.2 Å². The molecule has 17 heavy (non-hydrogen) atoms. The molecule has 0 amide bonds. The lowest BCUT2D eigenvalue weighted by Crippen LogP contribution is -2.39. The highest BCUT2D eigenvalue weighted by atomic mass is 35.5. The van der Waals surface area contributed by atoms with Gasteiger partial charge in [0.2, 0.25) is 0 Å². The summed E-state index contributed by atoms with van der Waals surface area (Å²) in [7, 11) is 0. The van der Waals surface area contributed by atoms with Crippen molar-refractivity contribution >= 4 is 12.4 Å². The quantitative estimate of drug-likeness (QED) is 0.901. The van der Waals surface area contributed by atoms with Gasteiger partial charge in [0.05, 0.1) is 5.69 Å². The van der Waals surface area contributed by atoms with Crippen molar-refractivity contribution in [3.8, 4) is 0 Å². The Bertz CT molecular complexity index is 357. The summed E-state index contributed by atoms with van der Waals surface area (Å²) >= 11 is 0. The first kappa shape index (κ1) is 16.2. The van der Waals surface area contributed by atoms with Crippen LogP contribution in [0.2, 0.25) is 0 Å². The number of rotatable bonds is 2. The number of hydrogen-bond acceptors (Lipinski definition) is 3. The molecule has 0 aliphatic rings. The van der Waals surface area contributed by atoms with E-state index in [1.54, 1.807) is 0 Å². The van der Waals surface area contributed by atoms with Crippen molar-refractivity contribution in [2.24, 2.45) is 5.73 Å². The minimum atomic E-state index is -4.40. The van der Waals surface area contributed by atoms with Crippen LogP contribution in [0.15, 0.2) is 10.6 Å². The Morgan fingerprint density at radius 3 is 2.24 bits per heavy atom. The molecule has 7 heteroatoms. The summed E-state index contributed by atoms with van der Waals surface area (Å²) < 4.78 is 41.5. The minimum absolute atomic E-state index is 0. The maximum atomic E-state index is 12.2. The van der Waals surface area contributed by atoms with Crippen molar-refractivity contribution in [2.75, 3.05) is 0 Å². The van der Waals surface area contributed by atoms with Crippen molar-refractivity contribution in [2.45, 2.75) is 44.8 Å². The number of nitrogens with two attached hydrogens (primary N) is 1. The molecule has 0 saturated carbocycles. The third-order valence-electron chi connectivity index (χ3n) is 2.15. The van der Waals surface area contributed by atoms with Crippen LogP contribution in [0.25, 0.3) is 0 Å². The molecule has 0 aliphatic carbocycles. The van der Waals surface area contributed by atoms with Crippen LogP contribution in [0.3, 0.4) is 0 Å². The maximum absolute atomic E-state index is 12.2. The molecular weight excluding hydrogens is 257 g/mol. The fourth-order valence-corrected chi connectivity index (χ4v) is 1.10. The molecule has 100 valence electrons. The molecule has 0 spiro atoms. The predicted octanol–water partition coefficient (Wildman–Crippen LogP) is 2.83. The zero-order valence-electron chi connectivity index (χ0n) is 9.84. The standard InChI is InChI=1S/C10H15F3N2O.ClH/c1-9(2,3)8-5-6(15-16-8)4-7(14)10(11,12)13;/h5,7H,4,14H2,1-3H3;1H. The SMILES string of the molecule is CC(C)(C)c1cc(CC(N)C(F)(F)F)no1.Cl. The van der Waals surface area contributed by atoms with Crippen LogP contribution in [0, 0.1) is 0 Å². The van der Waals surface area contributed by atoms with E-state index in [4.69, 9.17) is 10.3 Å². The lowest BCUT2D eigenvalue weighted by atomic mass is 9.93. The van der Waals surface area contributed by atoms with E-state index in [1.165, 1.54) is 6.07 Å². The molecule has 0 saturated heterocycles. The Balaban J connectivity index is 0.00000256. The monoisotopic (exact) mass is 272 g/mol. The van der Waals surface area contributed by atoms with Gasteiger partial charge in [-0.15, -0.1) is 12.4 Å². The number of nitrogens with zero attached hydrogens (tertiary/aromatic N) is 1. The number of halogens is 4. The number of hydrogen-bond donors (Lipinski definition) is 1. The fraction of sp³-hybridized carbons (Fsp3) is 0.700. The van der Waals surface area contributed by atoms with Crippen molar-refractivity contribution in [1.82, 2.24) is 5.16 Å². The van der Waals surface area contributed by atoms with Crippen molar-refractivity contribution < 1.29 is 17.7 Å². The molecule has 1 heterocycles. The molecular formula is C10H16ClF3N2O. The van der Waals surface area contributed by atoms with E-state index in [0.29, 0.717) is 5.76 Å². The van der Waals surface area contributed by atoms with Crippen LogP contribution in [-0.4, -0.2) is 17.4 Å². The summed E-state index contributed by atoms with van der Waals surface area (Å²) in [6.07, 6.45) is -4.76. The first-order valence-corrected chi connectivity index (χ1v) is 4.89. The van der Waals surface area contributed by atoms with E-state index in [0.717, 1.165) is 0 Å². The third kappa shape index (κ3) is 4.55. The topological polar surface area (TPSA) is 52.0 Å². The average Bonchev–Trinajstić information content (AvgIpc) is 2.49. The highest BCUT2D eigenvalue weighted by Crippen LogP contribution is 2.25. The number of aromatic nitrogens is 1. The summed E-state index contributed by atoms with van der Waals surface area (Å²) in [5.74, 6) is 0.553. The van der Waals surface area contributed by atoms with Crippen LogP contribution in [-0.2, 0) is 11.8 Å². The van der Waals surface area contributed by atoms with Crippen molar-refractivity contribution in [3.63, 3.8) is 0 Å². The smallest absolute Gasteiger partial charge is 0.361 e. The Labute approximate surface area is 104 Å². The molecule has 2 N–H and O–H groups in total. The molecule has 0 aromatic carbocycles. The van der Waals surface area contributed by atoms with Gasteiger partial charge in [0, 0.05) is 17.9 Å². The Morgan fingerprint density at radius 1 is 1.35 bits per heavy atom. The average molecular weight is 273 g/mol. The molecule has 1 atom stereocenters. The molecule has 1 aromatic heterocycles.